The second-order valence-electron chi connectivity index (χ2n) is 12.8. The van der Waals surface area contributed by atoms with Crippen molar-refractivity contribution >= 4 is 29.1 Å². The molecule has 0 unspecified atom stereocenters. The molecule has 0 atom stereocenters. The van der Waals surface area contributed by atoms with Crippen LogP contribution >= 0.6 is 0 Å². The maximum atomic E-state index is 4.48. The molecule has 53 heavy (non-hydrogen) atoms. The first kappa shape index (κ1) is 36.5. The minimum atomic E-state index is 0.962. The van der Waals surface area contributed by atoms with Gasteiger partial charge in [0.2, 0.25) is 0 Å². The number of aromatic amines is 1. The Bertz CT molecular complexity index is 2310. The van der Waals surface area contributed by atoms with Gasteiger partial charge in [0.15, 0.2) is 0 Å². The molecule has 0 bridgehead atoms. The summed E-state index contributed by atoms with van der Waals surface area (Å²) in [6, 6.07) is 40.4. The normalized spacial score (nSPS) is 13.7. The van der Waals surface area contributed by atoms with E-state index in [2.05, 4.69) is 181 Å². The van der Waals surface area contributed by atoms with E-state index in [-0.39, 0.29) is 0 Å². The highest BCUT2D eigenvalue weighted by Gasteiger charge is 2.30. The van der Waals surface area contributed by atoms with Crippen LogP contribution in [-0.4, -0.2) is 9.55 Å². The van der Waals surface area contributed by atoms with Crippen LogP contribution < -0.4 is 4.90 Å². The molecule has 8 rings (SSSR count). The van der Waals surface area contributed by atoms with Crippen molar-refractivity contribution in [3.05, 3.63) is 205 Å². The van der Waals surface area contributed by atoms with Gasteiger partial charge in [-0.3, -0.25) is 0 Å². The van der Waals surface area contributed by atoms with Gasteiger partial charge in [0.05, 0.1) is 22.8 Å². The van der Waals surface area contributed by atoms with E-state index in [0.29, 0.717) is 0 Å². The number of para-hydroxylation sites is 1. The van der Waals surface area contributed by atoms with Gasteiger partial charge in [0, 0.05) is 34.4 Å². The number of benzene rings is 4. The van der Waals surface area contributed by atoms with E-state index in [0.717, 1.165) is 58.0 Å². The lowest BCUT2D eigenvalue weighted by atomic mass is 9.97. The van der Waals surface area contributed by atoms with Crippen molar-refractivity contribution in [1.29, 1.82) is 0 Å². The zero-order valence-corrected chi connectivity index (χ0v) is 31.4. The molecule has 4 aromatic carbocycles. The minimum absolute atomic E-state index is 0.962. The predicted octanol–water partition coefficient (Wildman–Crippen LogP) is 13.9. The van der Waals surface area contributed by atoms with E-state index in [1.807, 2.05) is 44.2 Å². The first-order valence-corrected chi connectivity index (χ1v) is 18.6. The molecule has 3 heterocycles. The molecule has 0 amide bonds. The number of allylic oxidation sites excluding steroid dienone is 7. The Hall–Kier alpha value is -6.32. The maximum absolute atomic E-state index is 4.48. The third-order valence-electron chi connectivity index (χ3n) is 9.34. The molecule has 1 aliphatic carbocycles. The van der Waals surface area contributed by atoms with Crippen molar-refractivity contribution in [2.24, 2.45) is 0 Å². The number of H-pyrrole nitrogens is 1. The average molecular weight is 692 g/mol. The lowest BCUT2D eigenvalue weighted by Gasteiger charge is -2.31. The Balaban J connectivity index is 0.000000475. The third-order valence-corrected chi connectivity index (χ3v) is 9.34. The van der Waals surface area contributed by atoms with Crippen LogP contribution in [0.3, 0.4) is 0 Å². The van der Waals surface area contributed by atoms with Gasteiger partial charge >= 0.3 is 0 Å². The summed E-state index contributed by atoms with van der Waals surface area (Å²) < 4.78 is 2.42. The highest BCUT2D eigenvalue weighted by atomic mass is 15.2. The molecule has 2 aromatic heterocycles. The molecule has 0 saturated carbocycles. The summed E-state index contributed by atoms with van der Waals surface area (Å²) in [7, 11) is 0. The standard InChI is InChI=1S/C41H35N3.C7H8.C2H6/c1-4-14-33(15-5-2)44-38-22-11-9-20-35(38)29(3)24-25-40-41(44)36-21-10-12-23-39(36)43(40)34-19-13-18-31(26-34)32-27-37(42-28-32)30-16-7-6-8-17-30;1-7-5-3-2-4-6-7;1-2/h4-9,11-20,22-28,42H,1,3,10,21H2,2H3;2-6H,1H3;1-2H3/b15-5-,25-24-,33-14+;;. The number of aryl methyl sites for hydroxylation is 1. The fourth-order valence-electron chi connectivity index (χ4n) is 6.97. The number of nitrogens with zero attached hydrogens (tertiary/aromatic N) is 2. The van der Waals surface area contributed by atoms with E-state index < -0.39 is 0 Å². The van der Waals surface area contributed by atoms with Crippen LogP contribution in [0, 0.1) is 6.92 Å². The fourth-order valence-corrected chi connectivity index (χ4v) is 6.97. The molecule has 6 aromatic rings. The van der Waals surface area contributed by atoms with E-state index in [1.54, 1.807) is 0 Å². The number of nitrogens with one attached hydrogen (secondary N) is 1. The van der Waals surface area contributed by atoms with Crippen LogP contribution in [-0.2, 0) is 6.42 Å². The van der Waals surface area contributed by atoms with Gasteiger partial charge in [-0.05, 0) is 97.5 Å². The van der Waals surface area contributed by atoms with Crippen LogP contribution in [0.15, 0.2) is 177 Å². The summed E-state index contributed by atoms with van der Waals surface area (Å²) in [5.41, 5.74) is 16.2. The topological polar surface area (TPSA) is 24.0 Å². The third kappa shape index (κ3) is 7.80. The van der Waals surface area contributed by atoms with Gasteiger partial charge in [-0.25, -0.2) is 0 Å². The van der Waals surface area contributed by atoms with Gasteiger partial charge < -0.3 is 14.5 Å². The molecular weight excluding hydrogens is 643 g/mol. The molecule has 0 fully saturated rings. The Morgan fingerprint density at radius 3 is 2.19 bits per heavy atom. The monoisotopic (exact) mass is 691 g/mol. The molecule has 3 heteroatoms. The van der Waals surface area contributed by atoms with E-state index >= 15 is 0 Å². The van der Waals surface area contributed by atoms with Crippen LogP contribution in [0.5, 0.6) is 0 Å². The van der Waals surface area contributed by atoms with Gasteiger partial charge in [0.25, 0.3) is 0 Å². The Morgan fingerprint density at radius 1 is 0.755 bits per heavy atom. The number of anilines is 2. The van der Waals surface area contributed by atoms with Gasteiger partial charge in [-0.1, -0.05) is 148 Å². The Kier molecular flexibility index (Phi) is 11.9. The Morgan fingerprint density at radius 2 is 1.47 bits per heavy atom. The molecule has 3 nitrogen and oxygen atoms in total. The highest BCUT2D eigenvalue weighted by molar-refractivity contribution is 5.95. The molecule has 0 spiro atoms. The quantitative estimate of drug-likeness (QED) is 0.173. The lowest BCUT2D eigenvalue weighted by molar-refractivity contribution is 0.954. The molecule has 1 N–H and O–H groups in total. The summed E-state index contributed by atoms with van der Waals surface area (Å²) >= 11 is 0. The second kappa shape index (κ2) is 17.3. The van der Waals surface area contributed by atoms with E-state index in [1.165, 1.54) is 33.6 Å². The van der Waals surface area contributed by atoms with Crippen LogP contribution in [0.25, 0.3) is 45.8 Å². The lowest BCUT2D eigenvalue weighted by Crippen LogP contribution is -2.19. The van der Waals surface area contributed by atoms with Gasteiger partial charge in [0.1, 0.15) is 0 Å². The molecule has 1 aliphatic heterocycles. The number of fused-ring (bicyclic) bond motifs is 4. The average Bonchev–Trinajstić information content (AvgIpc) is 3.83. The van der Waals surface area contributed by atoms with Crippen molar-refractivity contribution in [2.45, 2.75) is 40.5 Å². The van der Waals surface area contributed by atoms with Crippen molar-refractivity contribution < 1.29 is 0 Å². The van der Waals surface area contributed by atoms with Gasteiger partial charge in [-0.15, -0.1) is 0 Å². The second-order valence-corrected chi connectivity index (χ2v) is 12.8. The molecule has 2 aliphatic rings. The first-order valence-electron chi connectivity index (χ1n) is 18.6. The van der Waals surface area contributed by atoms with Crippen molar-refractivity contribution in [2.75, 3.05) is 4.90 Å². The maximum Gasteiger partial charge on any atom is 0.0755 e. The van der Waals surface area contributed by atoms with Crippen molar-refractivity contribution in [1.82, 2.24) is 9.55 Å². The SMILES string of the molecule is C=C/C=C(\C=C/C)N1c2ccccc2C(=C)/C=C\c2c1c1c(n2-c2cccc(-c3c[nH]c(-c4ccccc4)c3)c2)C=CCC1.CC.Cc1ccccc1. The summed E-state index contributed by atoms with van der Waals surface area (Å²) in [5, 5.41) is 0. The smallest absolute Gasteiger partial charge is 0.0755 e. The summed E-state index contributed by atoms with van der Waals surface area (Å²) in [6.07, 6.45) is 21.3. The van der Waals surface area contributed by atoms with Crippen molar-refractivity contribution in [3.8, 4) is 28.1 Å². The van der Waals surface area contributed by atoms with Crippen LogP contribution in [0.2, 0.25) is 0 Å². The largest absolute Gasteiger partial charge is 0.361 e. The summed E-state index contributed by atoms with van der Waals surface area (Å²) in [6.45, 7) is 16.7. The number of rotatable bonds is 6. The zero-order valence-electron chi connectivity index (χ0n) is 31.4. The number of hydrogen-bond donors (Lipinski definition) is 1. The van der Waals surface area contributed by atoms with Gasteiger partial charge in [-0.2, -0.15) is 0 Å². The predicted molar refractivity (Wildman–Crippen MR) is 231 cm³/mol. The fraction of sp³-hybridized carbons (Fsp3) is 0.120. The summed E-state index contributed by atoms with van der Waals surface area (Å²) in [5.74, 6) is 0. The first-order chi connectivity index (χ1) is 26.1. The minimum Gasteiger partial charge on any atom is -0.361 e. The Labute approximate surface area is 316 Å². The molecule has 0 saturated heterocycles. The zero-order chi connectivity index (χ0) is 37.2. The number of hydrogen-bond acceptors (Lipinski definition) is 1. The summed E-state index contributed by atoms with van der Waals surface area (Å²) in [4.78, 5) is 5.88. The molecule has 0 radical (unpaired) electrons. The number of aromatic nitrogens is 2. The van der Waals surface area contributed by atoms with Crippen LogP contribution in [0.4, 0.5) is 11.4 Å². The van der Waals surface area contributed by atoms with E-state index in [4.69, 9.17) is 0 Å². The van der Waals surface area contributed by atoms with E-state index in [9.17, 15) is 0 Å². The molecule has 264 valence electrons. The molecular formula is C50H49N3. The van der Waals surface area contributed by atoms with Crippen molar-refractivity contribution in [3.63, 3.8) is 0 Å². The van der Waals surface area contributed by atoms with Crippen LogP contribution in [0.1, 0.15) is 55.3 Å². The highest BCUT2D eigenvalue weighted by Crippen LogP contribution is 2.47.